The Balaban J connectivity index is 2.13. The zero-order chi connectivity index (χ0) is 13.8. The van der Waals surface area contributed by atoms with Crippen LogP contribution < -0.4 is 5.56 Å². The Kier molecular flexibility index (Phi) is 4.37. The SMILES string of the molecule is CCN(CC1CCOC1)C(=O)c1ccc(C)[nH]c1=O. The van der Waals surface area contributed by atoms with Crippen LogP contribution in [0.5, 0.6) is 0 Å². The van der Waals surface area contributed by atoms with Crippen molar-refractivity contribution in [3.05, 3.63) is 33.7 Å². The Morgan fingerprint density at radius 1 is 1.53 bits per heavy atom. The van der Waals surface area contributed by atoms with E-state index in [0.717, 1.165) is 18.7 Å². The predicted octanol–water partition coefficient (Wildman–Crippen LogP) is 1.18. The molecule has 1 aromatic heterocycles. The summed E-state index contributed by atoms with van der Waals surface area (Å²) in [6.07, 6.45) is 0.980. The van der Waals surface area contributed by atoms with Crippen molar-refractivity contribution in [2.24, 2.45) is 5.92 Å². The number of hydrogen-bond acceptors (Lipinski definition) is 3. The molecule has 1 saturated heterocycles. The quantitative estimate of drug-likeness (QED) is 0.888. The van der Waals surface area contributed by atoms with Gasteiger partial charge in [-0.15, -0.1) is 0 Å². The summed E-state index contributed by atoms with van der Waals surface area (Å²) in [4.78, 5) is 28.6. The maximum atomic E-state index is 12.4. The summed E-state index contributed by atoms with van der Waals surface area (Å²) in [7, 11) is 0. The number of carbonyl (C=O) groups is 1. The highest BCUT2D eigenvalue weighted by Crippen LogP contribution is 2.15. The Hall–Kier alpha value is -1.62. The van der Waals surface area contributed by atoms with E-state index >= 15 is 0 Å². The first-order valence-electron chi connectivity index (χ1n) is 6.68. The number of rotatable bonds is 4. The number of carbonyl (C=O) groups excluding carboxylic acids is 1. The molecule has 1 amide bonds. The van der Waals surface area contributed by atoms with E-state index in [1.807, 2.05) is 6.92 Å². The van der Waals surface area contributed by atoms with Gasteiger partial charge in [0, 0.05) is 31.3 Å². The fraction of sp³-hybridized carbons (Fsp3) is 0.571. The molecule has 19 heavy (non-hydrogen) atoms. The van der Waals surface area contributed by atoms with Crippen LogP contribution in [-0.2, 0) is 4.74 Å². The zero-order valence-electron chi connectivity index (χ0n) is 11.4. The number of hydrogen-bond donors (Lipinski definition) is 1. The minimum atomic E-state index is -0.314. The normalized spacial score (nSPS) is 18.5. The molecule has 5 heteroatoms. The summed E-state index contributed by atoms with van der Waals surface area (Å²) >= 11 is 0. The maximum Gasteiger partial charge on any atom is 0.260 e. The van der Waals surface area contributed by atoms with Crippen molar-refractivity contribution < 1.29 is 9.53 Å². The topological polar surface area (TPSA) is 62.4 Å². The van der Waals surface area contributed by atoms with Crippen LogP contribution in [0.2, 0.25) is 0 Å². The van der Waals surface area contributed by atoms with E-state index in [4.69, 9.17) is 4.74 Å². The second-order valence-electron chi connectivity index (χ2n) is 4.96. The number of nitrogens with zero attached hydrogens (tertiary/aromatic N) is 1. The molecule has 0 radical (unpaired) electrons. The number of aromatic amines is 1. The lowest BCUT2D eigenvalue weighted by Crippen LogP contribution is -2.38. The number of amides is 1. The van der Waals surface area contributed by atoms with Crippen molar-refractivity contribution in [2.75, 3.05) is 26.3 Å². The van der Waals surface area contributed by atoms with Gasteiger partial charge >= 0.3 is 0 Å². The summed E-state index contributed by atoms with van der Waals surface area (Å²) in [5.41, 5.74) is 0.659. The van der Waals surface area contributed by atoms with Crippen LogP contribution in [-0.4, -0.2) is 42.1 Å². The molecule has 0 bridgehead atoms. The van der Waals surface area contributed by atoms with Gasteiger partial charge in [-0.2, -0.15) is 0 Å². The van der Waals surface area contributed by atoms with Gasteiger partial charge in [0.1, 0.15) is 5.56 Å². The van der Waals surface area contributed by atoms with E-state index in [-0.39, 0.29) is 17.0 Å². The Bertz CT molecular complexity index is 504. The van der Waals surface area contributed by atoms with Gasteiger partial charge in [0.25, 0.3) is 11.5 Å². The Morgan fingerprint density at radius 2 is 2.32 bits per heavy atom. The molecule has 1 aliphatic heterocycles. The molecule has 0 aliphatic carbocycles. The predicted molar refractivity (Wildman–Crippen MR) is 72.3 cm³/mol. The molecule has 0 saturated carbocycles. The molecule has 1 aliphatic rings. The van der Waals surface area contributed by atoms with Crippen LogP contribution in [0.1, 0.15) is 29.4 Å². The van der Waals surface area contributed by atoms with Crippen LogP contribution in [0.25, 0.3) is 0 Å². The van der Waals surface area contributed by atoms with Crippen LogP contribution in [0.15, 0.2) is 16.9 Å². The van der Waals surface area contributed by atoms with Gasteiger partial charge in [0.2, 0.25) is 0 Å². The van der Waals surface area contributed by atoms with Crippen molar-refractivity contribution in [3.8, 4) is 0 Å². The van der Waals surface area contributed by atoms with Gasteiger partial charge in [-0.05, 0) is 32.4 Å². The highest BCUT2D eigenvalue weighted by atomic mass is 16.5. The molecule has 104 valence electrons. The minimum Gasteiger partial charge on any atom is -0.381 e. The monoisotopic (exact) mass is 264 g/mol. The van der Waals surface area contributed by atoms with Crippen molar-refractivity contribution >= 4 is 5.91 Å². The smallest absolute Gasteiger partial charge is 0.260 e. The third-order valence-electron chi connectivity index (χ3n) is 3.46. The lowest BCUT2D eigenvalue weighted by Gasteiger charge is -2.23. The number of aryl methyl sites for hydroxylation is 1. The molecule has 2 heterocycles. The maximum absolute atomic E-state index is 12.4. The van der Waals surface area contributed by atoms with Crippen LogP contribution in [0.4, 0.5) is 0 Å². The van der Waals surface area contributed by atoms with Crippen molar-refractivity contribution in [2.45, 2.75) is 20.3 Å². The van der Waals surface area contributed by atoms with Crippen LogP contribution in [0.3, 0.4) is 0 Å². The highest BCUT2D eigenvalue weighted by molar-refractivity contribution is 5.93. The Morgan fingerprint density at radius 3 is 2.89 bits per heavy atom. The first-order valence-corrected chi connectivity index (χ1v) is 6.68. The van der Waals surface area contributed by atoms with Gasteiger partial charge in [0.05, 0.1) is 6.61 Å². The summed E-state index contributed by atoms with van der Waals surface area (Å²) < 4.78 is 5.32. The lowest BCUT2D eigenvalue weighted by molar-refractivity contribution is 0.0729. The number of nitrogens with one attached hydrogen (secondary N) is 1. The minimum absolute atomic E-state index is 0.198. The molecule has 1 unspecified atom stereocenters. The molecule has 2 rings (SSSR count). The van der Waals surface area contributed by atoms with Crippen molar-refractivity contribution in [1.29, 1.82) is 0 Å². The molecule has 1 fully saturated rings. The van der Waals surface area contributed by atoms with Crippen molar-refractivity contribution in [1.82, 2.24) is 9.88 Å². The van der Waals surface area contributed by atoms with Gasteiger partial charge in [-0.3, -0.25) is 9.59 Å². The third kappa shape index (κ3) is 3.23. The van der Waals surface area contributed by atoms with E-state index in [1.165, 1.54) is 0 Å². The number of aromatic nitrogens is 1. The average molecular weight is 264 g/mol. The van der Waals surface area contributed by atoms with E-state index in [1.54, 1.807) is 24.0 Å². The fourth-order valence-corrected chi connectivity index (χ4v) is 2.31. The largest absolute Gasteiger partial charge is 0.381 e. The zero-order valence-corrected chi connectivity index (χ0v) is 11.4. The van der Waals surface area contributed by atoms with Gasteiger partial charge in [-0.25, -0.2) is 0 Å². The van der Waals surface area contributed by atoms with Gasteiger partial charge in [-0.1, -0.05) is 0 Å². The number of pyridine rings is 1. The van der Waals surface area contributed by atoms with Crippen LogP contribution in [0, 0.1) is 12.8 Å². The second-order valence-corrected chi connectivity index (χ2v) is 4.96. The molecule has 1 aromatic rings. The van der Waals surface area contributed by atoms with E-state index in [0.29, 0.717) is 25.6 Å². The standard InChI is InChI=1S/C14H20N2O3/c1-3-16(8-11-6-7-19-9-11)14(18)12-5-4-10(2)15-13(12)17/h4-5,11H,3,6-9H2,1-2H3,(H,15,17). The Labute approximate surface area is 112 Å². The van der Waals surface area contributed by atoms with Gasteiger partial charge in [0.15, 0.2) is 0 Å². The lowest BCUT2D eigenvalue weighted by atomic mass is 10.1. The van der Waals surface area contributed by atoms with Crippen LogP contribution >= 0.6 is 0 Å². The van der Waals surface area contributed by atoms with Gasteiger partial charge < -0.3 is 14.6 Å². The fourth-order valence-electron chi connectivity index (χ4n) is 2.31. The first-order chi connectivity index (χ1) is 9.11. The molecule has 5 nitrogen and oxygen atoms in total. The highest BCUT2D eigenvalue weighted by Gasteiger charge is 2.23. The second kappa shape index (κ2) is 6.02. The van der Waals surface area contributed by atoms with Crippen molar-refractivity contribution in [3.63, 3.8) is 0 Å². The molecular formula is C14H20N2O3. The molecule has 1 atom stereocenters. The number of ether oxygens (including phenoxy) is 1. The summed E-state index contributed by atoms with van der Waals surface area (Å²) in [6.45, 7) is 6.44. The molecule has 0 aromatic carbocycles. The van der Waals surface area contributed by atoms with E-state index < -0.39 is 0 Å². The first kappa shape index (κ1) is 13.8. The molecule has 1 N–H and O–H groups in total. The summed E-state index contributed by atoms with van der Waals surface area (Å²) in [6, 6.07) is 3.35. The van der Waals surface area contributed by atoms with E-state index in [2.05, 4.69) is 4.98 Å². The number of H-pyrrole nitrogens is 1. The molecular weight excluding hydrogens is 244 g/mol. The summed E-state index contributed by atoms with van der Waals surface area (Å²) in [5, 5.41) is 0. The molecule has 0 spiro atoms. The summed E-state index contributed by atoms with van der Waals surface area (Å²) in [5.74, 6) is 0.184. The van der Waals surface area contributed by atoms with E-state index in [9.17, 15) is 9.59 Å². The third-order valence-corrected chi connectivity index (χ3v) is 3.46. The average Bonchev–Trinajstić information content (AvgIpc) is 2.88.